The van der Waals surface area contributed by atoms with Gasteiger partial charge < -0.3 is 24.6 Å². The summed E-state index contributed by atoms with van der Waals surface area (Å²) < 4.78 is 13.3. The van der Waals surface area contributed by atoms with E-state index in [2.05, 4.69) is 35.4 Å². The highest BCUT2D eigenvalue weighted by molar-refractivity contribution is 6.33. The SMILES string of the molecule is CNC[C@H](O)COc1ccc(Cl)c(-c2nc(-c3c(C)noc3C)c(C)c(N3Cc4cn(C(C)C)nc4C3)n2)c1. The van der Waals surface area contributed by atoms with Crippen molar-refractivity contribution >= 4 is 17.4 Å². The highest BCUT2D eigenvalue weighted by Crippen LogP contribution is 2.39. The molecule has 0 saturated heterocycles. The molecule has 1 aliphatic heterocycles. The number of hydrogen-bond donors (Lipinski definition) is 2. The van der Waals surface area contributed by atoms with Gasteiger partial charge in [-0.25, -0.2) is 9.97 Å². The van der Waals surface area contributed by atoms with E-state index in [1.807, 2.05) is 31.5 Å². The van der Waals surface area contributed by atoms with Crippen LogP contribution in [0.15, 0.2) is 28.9 Å². The first-order valence-corrected chi connectivity index (χ1v) is 13.4. The molecule has 0 saturated carbocycles. The quantitative estimate of drug-likeness (QED) is 0.307. The summed E-state index contributed by atoms with van der Waals surface area (Å²) in [7, 11) is 1.78. The van der Waals surface area contributed by atoms with Gasteiger partial charge in [-0.15, -0.1) is 0 Å². The van der Waals surface area contributed by atoms with Crippen LogP contribution in [0.5, 0.6) is 5.75 Å². The minimum absolute atomic E-state index is 0.143. The summed E-state index contributed by atoms with van der Waals surface area (Å²) >= 11 is 6.69. The van der Waals surface area contributed by atoms with Crippen LogP contribution in [0.3, 0.4) is 0 Å². The molecule has 4 heterocycles. The lowest BCUT2D eigenvalue weighted by Crippen LogP contribution is -2.29. The summed E-state index contributed by atoms with van der Waals surface area (Å²) in [4.78, 5) is 12.2. The Hall–Kier alpha value is -3.47. The average molecular weight is 552 g/mol. The second kappa shape index (κ2) is 11.0. The van der Waals surface area contributed by atoms with Gasteiger partial charge in [0.1, 0.15) is 30.0 Å². The normalized spacial score (nSPS) is 13.8. The van der Waals surface area contributed by atoms with E-state index in [0.29, 0.717) is 53.6 Å². The highest BCUT2D eigenvalue weighted by Gasteiger charge is 2.29. The van der Waals surface area contributed by atoms with Crippen LogP contribution in [0.1, 0.15) is 48.2 Å². The van der Waals surface area contributed by atoms with E-state index in [9.17, 15) is 5.11 Å². The van der Waals surface area contributed by atoms with Crippen molar-refractivity contribution in [3.8, 4) is 28.4 Å². The highest BCUT2D eigenvalue weighted by atomic mass is 35.5. The summed E-state index contributed by atoms with van der Waals surface area (Å²) in [5.41, 5.74) is 6.15. The van der Waals surface area contributed by atoms with Crippen LogP contribution in [-0.2, 0) is 13.1 Å². The van der Waals surface area contributed by atoms with Crippen molar-refractivity contribution in [3.63, 3.8) is 0 Å². The molecule has 4 aromatic rings. The van der Waals surface area contributed by atoms with E-state index >= 15 is 0 Å². The maximum atomic E-state index is 10.1. The minimum Gasteiger partial charge on any atom is -0.491 e. The molecule has 0 spiro atoms. The first kappa shape index (κ1) is 27.1. The summed E-state index contributed by atoms with van der Waals surface area (Å²) in [6.45, 7) is 12.0. The second-order valence-electron chi connectivity index (χ2n) is 10.2. The fraction of sp³-hybridized carbons (Fsp3) is 0.429. The number of aryl methyl sites for hydroxylation is 2. The number of nitrogens with one attached hydrogen (secondary N) is 1. The Morgan fingerprint density at radius 3 is 2.64 bits per heavy atom. The van der Waals surface area contributed by atoms with Crippen molar-refractivity contribution in [2.45, 2.75) is 59.9 Å². The molecule has 0 unspecified atom stereocenters. The molecule has 206 valence electrons. The summed E-state index contributed by atoms with van der Waals surface area (Å²) in [5.74, 6) is 2.52. The standard InChI is InChI=1S/C28H34ClN7O3/c1-15(2)36-12-19-11-35(13-24(19)33-36)28-16(3)26(25-17(4)34-39-18(25)5)31-27(32-28)22-9-21(7-8-23(22)29)38-14-20(37)10-30-6/h7-9,12,15,20,30,37H,10-11,13-14H2,1-6H3/t20-/m0/s1. The smallest absolute Gasteiger partial charge is 0.163 e. The second-order valence-corrected chi connectivity index (χ2v) is 10.6. The van der Waals surface area contributed by atoms with Crippen molar-refractivity contribution in [3.05, 3.63) is 57.7 Å². The van der Waals surface area contributed by atoms with Gasteiger partial charge in [0.25, 0.3) is 0 Å². The molecule has 0 aliphatic carbocycles. The zero-order valence-corrected chi connectivity index (χ0v) is 23.9. The predicted molar refractivity (Wildman–Crippen MR) is 150 cm³/mol. The Kier molecular flexibility index (Phi) is 7.61. The molecular formula is C28H34ClN7O3. The van der Waals surface area contributed by atoms with Gasteiger partial charge in [0.05, 0.1) is 34.2 Å². The van der Waals surface area contributed by atoms with Gasteiger partial charge in [-0.3, -0.25) is 4.68 Å². The van der Waals surface area contributed by atoms with Crippen LogP contribution in [0.4, 0.5) is 5.82 Å². The van der Waals surface area contributed by atoms with Crippen molar-refractivity contribution in [2.24, 2.45) is 0 Å². The maximum absolute atomic E-state index is 10.1. The van der Waals surface area contributed by atoms with Crippen molar-refractivity contribution in [1.29, 1.82) is 0 Å². The van der Waals surface area contributed by atoms with Crippen molar-refractivity contribution < 1.29 is 14.4 Å². The number of halogens is 1. The molecule has 0 amide bonds. The van der Waals surface area contributed by atoms with Gasteiger partial charge in [0.15, 0.2) is 5.82 Å². The van der Waals surface area contributed by atoms with E-state index < -0.39 is 6.10 Å². The van der Waals surface area contributed by atoms with Gasteiger partial charge in [-0.2, -0.15) is 5.10 Å². The van der Waals surface area contributed by atoms with Crippen LogP contribution in [-0.4, -0.2) is 56.3 Å². The van der Waals surface area contributed by atoms with Crippen molar-refractivity contribution in [1.82, 2.24) is 30.2 Å². The molecule has 2 N–H and O–H groups in total. The molecule has 39 heavy (non-hydrogen) atoms. The number of hydrogen-bond acceptors (Lipinski definition) is 9. The number of aliphatic hydroxyl groups is 1. The first-order chi connectivity index (χ1) is 18.7. The van der Waals surface area contributed by atoms with Crippen molar-refractivity contribution in [2.75, 3.05) is 25.1 Å². The number of ether oxygens (including phenoxy) is 1. The third-order valence-corrected chi connectivity index (χ3v) is 7.21. The summed E-state index contributed by atoms with van der Waals surface area (Å²) in [6, 6.07) is 5.65. The van der Waals surface area contributed by atoms with E-state index in [1.165, 1.54) is 5.56 Å². The molecule has 1 aromatic carbocycles. The Bertz CT molecular complexity index is 1450. The lowest BCUT2D eigenvalue weighted by molar-refractivity contribution is 0.108. The predicted octanol–water partition coefficient (Wildman–Crippen LogP) is 4.63. The van der Waals surface area contributed by atoms with Crippen LogP contribution in [0.25, 0.3) is 22.6 Å². The topological polar surface area (TPSA) is 114 Å². The molecule has 3 aromatic heterocycles. The van der Waals surface area contributed by atoms with E-state index in [1.54, 1.807) is 19.2 Å². The molecule has 0 radical (unpaired) electrons. The number of anilines is 1. The van der Waals surface area contributed by atoms with Gasteiger partial charge >= 0.3 is 0 Å². The van der Waals surface area contributed by atoms with Gasteiger partial charge in [-0.1, -0.05) is 16.8 Å². The Balaban J connectivity index is 1.57. The lowest BCUT2D eigenvalue weighted by atomic mass is 10.0. The van der Waals surface area contributed by atoms with Crippen LogP contribution in [0.2, 0.25) is 5.02 Å². The van der Waals surface area contributed by atoms with E-state index in [4.69, 9.17) is 35.9 Å². The lowest BCUT2D eigenvalue weighted by Gasteiger charge is -2.22. The third-order valence-electron chi connectivity index (χ3n) is 6.88. The molecule has 0 bridgehead atoms. The summed E-state index contributed by atoms with van der Waals surface area (Å²) in [5, 5.41) is 22.5. The molecule has 0 fully saturated rings. The van der Waals surface area contributed by atoms with Gasteiger partial charge in [-0.05, 0) is 59.9 Å². The number of aliphatic hydroxyl groups excluding tert-OH is 1. The third kappa shape index (κ3) is 5.36. The molecule has 10 nitrogen and oxygen atoms in total. The Morgan fingerprint density at radius 2 is 1.97 bits per heavy atom. The molecular weight excluding hydrogens is 518 g/mol. The Labute approximate surface area is 233 Å². The van der Waals surface area contributed by atoms with Crippen LogP contribution >= 0.6 is 11.6 Å². The number of fused-ring (bicyclic) bond motifs is 1. The number of benzene rings is 1. The van der Waals surface area contributed by atoms with Gasteiger partial charge in [0.2, 0.25) is 0 Å². The fourth-order valence-electron chi connectivity index (χ4n) is 4.84. The maximum Gasteiger partial charge on any atom is 0.163 e. The average Bonchev–Trinajstić information content (AvgIpc) is 3.57. The Morgan fingerprint density at radius 1 is 1.18 bits per heavy atom. The van der Waals surface area contributed by atoms with E-state index in [0.717, 1.165) is 34.0 Å². The molecule has 5 rings (SSSR count). The molecule has 11 heteroatoms. The number of likely N-dealkylation sites (N-methyl/N-ethyl adjacent to an activating group) is 1. The van der Waals surface area contributed by atoms with Crippen LogP contribution < -0.4 is 15.0 Å². The zero-order valence-electron chi connectivity index (χ0n) is 23.1. The fourth-order valence-corrected chi connectivity index (χ4v) is 5.04. The number of rotatable bonds is 9. The number of nitrogens with zero attached hydrogens (tertiary/aromatic N) is 6. The minimum atomic E-state index is -0.638. The van der Waals surface area contributed by atoms with Gasteiger partial charge in [0, 0.05) is 42.0 Å². The first-order valence-electron chi connectivity index (χ1n) is 13.0. The van der Waals surface area contributed by atoms with Crippen LogP contribution in [0, 0.1) is 20.8 Å². The monoisotopic (exact) mass is 551 g/mol. The van der Waals surface area contributed by atoms with E-state index in [-0.39, 0.29) is 6.61 Å². The largest absolute Gasteiger partial charge is 0.491 e. The molecule has 1 atom stereocenters. The number of aromatic nitrogens is 5. The summed E-state index contributed by atoms with van der Waals surface area (Å²) in [6.07, 6.45) is 1.48. The molecule has 1 aliphatic rings. The zero-order chi connectivity index (χ0) is 27.8.